The molecule has 0 saturated carbocycles. The Morgan fingerprint density at radius 1 is 1.07 bits per heavy atom. The first-order valence-corrected chi connectivity index (χ1v) is 10.9. The highest BCUT2D eigenvalue weighted by molar-refractivity contribution is 5.76. The number of nitrogens with one attached hydrogen (secondary N) is 1. The van der Waals surface area contributed by atoms with Crippen LogP contribution < -0.4 is 5.32 Å². The lowest BCUT2D eigenvalue weighted by Gasteiger charge is -2.41. The summed E-state index contributed by atoms with van der Waals surface area (Å²) in [5.74, 6) is 0.0187. The quantitative estimate of drug-likeness (QED) is 0.815. The fraction of sp³-hybridized carbons (Fsp3) is 0.458. The molecule has 3 aliphatic rings. The molecule has 30 heavy (non-hydrogen) atoms. The molecule has 2 fully saturated rings. The van der Waals surface area contributed by atoms with E-state index in [1.807, 2.05) is 29.2 Å². The van der Waals surface area contributed by atoms with Crippen LogP contribution in [0.2, 0.25) is 0 Å². The predicted molar refractivity (Wildman–Crippen MR) is 112 cm³/mol. The molecule has 0 spiro atoms. The minimum absolute atomic E-state index is 0.0163. The van der Waals surface area contributed by atoms with Crippen molar-refractivity contribution in [3.63, 3.8) is 0 Å². The van der Waals surface area contributed by atoms with Crippen molar-refractivity contribution < 1.29 is 14.3 Å². The summed E-state index contributed by atoms with van der Waals surface area (Å²) < 4.78 is 13.4. The highest BCUT2D eigenvalue weighted by Gasteiger charge is 2.48. The smallest absolute Gasteiger partial charge is 0.318 e. The number of piperidine rings is 1. The molecule has 2 aromatic carbocycles. The molecule has 158 valence electrons. The Hall–Kier alpha value is -2.44. The van der Waals surface area contributed by atoms with Gasteiger partial charge in [-0.2, -0.15) is 0 Å². The molecule has 5 nitrogen and oxygen atoms in total. The molecule has 5 rings (SSSR count). The Morgan fingerprint density at radius 2 is 1.80 bits per heavy atom. The van der Waals surface area contributed by atoms with E-state index in [9.17, 15) is 14.3 Å². The van der Waals surface area contributed by atoms with Gasteiger partial charge < -0.3 is 15.3 Å². The number of amides is 2. The van der Waals surface area contributed by atoms with Gasteiger partial charge in [-0.1, -0.05) is 36.4 Å². The molecular weight excluding hydrogens is 381 g/mol. The minimum atomic E-state index is -0.868. The van der Waals surface area contributed by atoms with E-state index in [-0.39, 0.29) is 23.7 Å². The van der Waals surface area contributed by atoms with Gasteiger partial charge in [0.2, 0.25) is 0 Å². The second-order valence-electron chi connectivity index (χ2n) is 8.85. The molecule has 2 N–H and O–H groups in total. The van der Waals surface area contributed by atoms with Crippen LogP contribution in [0.4, 0.5) is 9.18 Å². The number of benzene rings is 2. The summed E-state index contributed by atoms with van der Waals surface area (Å²) in [5.41, 5.74) is 2.36. The van der Waals surface area contributed by atoms with Crippen LogP contribution in [0.3, 0.4) is 0 Å². The number of hydrogen-bond donors (Lipinski definition) is 2. The number of urea groups is 1. The second-order valence-corrected chi connectivity index (χ2v) is 8.85. The van der Waals surface area contributed by atoms with Gasteiger partial charge in [-0.05, 0) is 54.0 Å². The van der Waals surface area contributed by atoms with Crippen LogP contribution in [0.25, 0.3) is 0 Å². The molecule has 0 aromatic heterocycles. The van der Waals surface area contributed by atoms with Crippen LogP contribution in [0.1, 0.15) is 41.9 Å². The van der Waals surface area contributed by atoms with Crippen LogP contribution in [-0.4, -0.2) is 53.8 Å². The van der Waals surface area contributed by atoms with Gasteiger partial charge in [0, 0.05) is 32.1 Å². The topological polar surface area (TPSA) is 55.8 Å². The van der Waals surface area contributed by atoms with E-state index in [1.165, 1.54) is 12.1 Å². The summed E-state index contributed by atoms with van der Waals surface area (Å²) in [4.78, 5) is 16.0. The Bertz CT molecular complexity index is 926. The standard InChI is InChI=1S/C24H28FN3O2/c25-19-7-5-17(6-8-19)21-15-24(30,22-4-2-1-3-20(21)22)18-9-12-27(13-10-18)16-28-14-11-26-23(28)29/h1-8,18,21,30H,9-16H2,(H,26,29). The van der Waals surface area contributed by atoms with E-state index in [4.69, 9.17) is 0 Å². The minimum Gasteiger partial charge on any atom is -0.385 e. The van der Waals surface area contributed by atoms with Gasteiger partial charge in [-0.3, -0.25) is 4.90 Å². The number of nitrogens with zero attached hydrogens (tertiary/aromatic N) is 2. The van der Waals surface area contributed by atoms with Crippen LogP contribution in [-0.2, 0) is 5.60 Å². The molecule has 2 aliphatic heterocycles. The van der Waals surface area contributed by atoms with E-state index in [1.54, 1.807) is 0 Å². The molecule has 2 heterocycles. The Morgan fingerprint density at radius 3 is 2.50 bits per heavy atom. The largest absolute Gasteiger partial charge is 0.385 e. The monoisotopic (exact) mass is 409 g/mol. The maximum atomic E-state index is 13.4. The molecule has 1 aliphatic carbocycles. The Balaban J connectivity index is 1.33. The molecular formula is C24H28FN3O2. The third kappa shape index (κ3) is 3.38. The first-order valence-electron chi connectivity index (χ1n) is 10.9. The van der Waals surface area contributed by atoms with Crippen molar-refractivity contribution in [1.82, 2.24) is 15.1 Å². The molecule has 2 aromatic rings. The van der Waals surface area contributed by atoms with Crippen molar-refractivity contribution in [3.8, 4) is 0 Å². The summed E-state index contributed by atoms with van der Waals surface area (Å²) in [6.07, 6.45) is 2.43. The van der Waals surface area contributed by atoms with E-state index in [0.717, 1.165) is 55.7 Å². The Labute approximate surface area is 176 Å². The van der Waals surface area contributed by atoms with Gasteiger partial charge in [0.1, 0.15) is 5.82 Å². The fourth-order valence-corrected chi connectivity index (χ4v) is 5.54. The lowest BCUT2D eigenvalue weighted by atomic mass is 9.76. The first kappa shape index (κ1) is 19.5. The average molecular weight is 410 g/mol. The first-order chi connectivity index (χ1) is 14.5. The van der Waals surface area contributed by atoms with Crippen LogP contribution in [0.15, 0.2) is 48.5 Å². The van der Waals surface area contributed by atoms with Gasteiger partial charge in [0.25, 0.3) is 0 Å². The SMILES string of the molecule is O=C1NCCN1CN1CCC(C2(O)CC(c3ccc(F)cc3)c3ccccc32)CC1. The van der Waals surface area contributed by atoms with E-state index >= 15 is 0 Å². The molecule has 2 unspecified atom stereocenters. The Kier molecular flexibility index (Phi) is 4.99. The number of carbonyl (C=O) groups excluding carboxylic acids is 1. The summed E-state index contributed by atoms with van der Waals surface area (Å²) in [6.45, 7) is 3.89. The van der Waals surface area contributed by atoms with Crippen LogP contribution >= 0.6 is 0 Å². The highest BCUT2D eigenvalue weighted by atomic mass is 19.1. The van der Waals surface area contributed by atoms with E-state index in [0.29, 0.717) is 13.1 Å². The third-order valence-electron chi connectivity index (χ3n) is 7.17. The normalized spacial score (nSPS) is 27.3. The van der Waals surface area contributed by atoms with Gasteiger partial charge in [0.15, 0.2) is 0 Å². The number of hydrogen-bond acceptors (Lipinski definition) is 3. The molecule has 2 saturated heterocycles. The number of carbonyl (C=O) groups is 1. The lowest BCUT2D eigenvalue weighted by Crippen LogP contribution is -2.47. The second kappa shape index (κ2) is 7.67. The summed E-state index contributed by atoms with van der Waals surface area (Å²) >= 11 is 0. The fourth-order valence-electron chi connectivity index (χ4n) is 5.54. The molecule has 6 heteroatoms. The predicted octanol–water partition coefficient (Wildman–Crippen LogP) is 3.24. The number of aliphatic hydroxyl groups is 1. The molecule has 2 amide bonds. The number of rotatable bonds is 4. The number of likely N-dealkylation sites (tertiary alicyclic amines) is 1. The van der Waals surface area contributed by atoms with Crippen molar-refractivity contribution >= 4 is 6.03 Å². The van der Waals surface area contributed by atoms with Crippen molar-refractivity contribution in [2.75, 3.05) is 32.8 Å². The maximum Gasteiger partial charge on any atom is 0.318 e. The van der Waals surface area contributed by atoms with Crippen molar-refractivity contribution in [2.45, 2.75) is 30.8 Å². The number of fused-ring (bicyclic) bond motifs is 1. The summed E-state index contributed by atoms with van der Waals surface area (Å²) in [5, 5.41) is 14.8. The zero-order valence-electron chi connectivity index (χ0n) is 17.1. The summed E-state index contributed by atoms with van der Waals surface area (Å²) in [7, 11) is 0. The average Bonchev–Trinajstić information content (AvgIpc) is 3.31. The van der Waals surface area contributed by atoms with E-state index in [2.05, 4.69) is 22.3 Å². The van der Waals surface area contributed by atoms with Gasteiger partial charge in [-0.15, -0.1) is 0 Å². The van der Waals surface area contributed by atoms with Crippen molar-refractivity contribution in [2.24, 2.45) is 5.92 Å². The summed E-state index contributed by atoms with van der Waals surface area (Å²) in [6, 6.07) is 14.9. The highest BCUT2D eigenvalue weighted by Crippen LogP contribution is 2.53. The lowest BCUT2D eigenvalue weighted by molar-refractivity contribution is -0.0520. The number of halogens is 1. The zero-order chi connectivity index (χ0) is 20.7. The van der Waals surface area contributed by atoms with Gasteiger partial charge in [0.05, 0.1) is 12.3 Å². The molecule has 0 radical (unpaired) electrons. The van der Waals surface area contributed by atoms with Gasteiger partial charge >= 0.3 is 6.03 Å². The van der Waals surface area contributed by atoms with Gasteiger partial charge in [-0.25, -0.2) is 9.18 Å². The molecule has 2 atom stereocenters. The van der Waals surface area contributed by atoms with E-state index < -0.39 is 5.60 Å². The van der Waals surface area contributed by atoms with Crippen LogP contribution in [0, 0.1) is 11.7 Å². The van der Waals surface area contributed by atoms with Crippen molar-refractivity contribution in [1.29, 1.82) is 0 Å². The maximum absolute atomic E-state index is 13.4. The third-order valence-corrected chi connectivity index (χ3v) is 7.17. The molecule has 0 bridgehead atoms. The zero-order valence-corrected chi connectivity index (χ0v) is 17.1. The van der Waals surface area contributed by atoms with Crippen molar-refractivity contribution in [3.05, 3.63) is 71.0 Å². The van der Waals surface area contributed by atoms with Crippen LogP contribution in [0.5, 0.6) is 0 Å².